The first-order valence-electron chi connectivity index (χ1n) is 8.23. The standard InChI is InChI=1S/C17H25N3O4/c1-4-24-14-8-5-12(9-15(14)23-3)10-20(2)11-16(21)19-17(22)18-13-6-7-13/h5,8-9,13H,4,6-7,10-11H2,1-3H3,(H2,18,19,21,22)/p+1. The van der Waals surface area contributed by atoms with E-state index < -0.39 is 6.03 Å². The first-order chi connectivity index (χ1) is 11.5. The maximum atomic E-state index is 11.9. The van der Waals surface area contributed by atoms with Crippen LogP contribution < -0.4 is 25.0 Å². The molecule has 0 heterocycles. The molecule has 2 rings (SSSR count). The zero-order valence-electron chi connectivity index (χ0n) is 14.5. The van der Waals surface area contributed by atoms with Crippen molar-refractivity contribution in [1.82, 2.24) is 10.6 Å². The van der Waals surface area contributed by atoms with Gasteiger partial charge in [-0.25, -0.2) is 4.79 Å². The lowest BCUT2D eigenvalue weighted by atomic mass is 10.2. The second-order valence-corrected chi connectivity index (χ2v) is 6.02. The van der Waals surface area contributed by atoms with E-state index in [0.717, 1.165) is 23.3 Å². The molecule has 1 saturated carbocycles. The van der Waals surface area contributed by atoms with Crippen LogP contribution in [0.5, 0.6) is 11.5 Å². The summed E-state index contributed by atoms with van der Waals surface area (Å²) in [5, 5.41) is 5.09. The van der Waals surface area contributed by atoms with Crippen LogP contribution in [0, 0.1) is 0 Å². The van der Waals surface area contributed by atoms with E-state index in [9.17, 15) is 9.59 Å². The number of methoxy groups -OCH3 is 1. The van der Waals surface area contributed by atoms with Crippen molar-refractivity contribution in [2.75, 3.05) is 27.3 Å². The third-order valence-corrected chi connectivity index (χ3v) is 3.66. The summed E-state index contributed by atoms with van der Waals surface area (Å²) >= 11 is 0. The normalized spacial score (nSPS) is 14.6. The predicted molar refractivity (Wildman–Crippen MR) is 89.3 cm³/mol. The summed E-state index contributed by atoms with van der Waals surface area (Å²) < 4.78 is 10.8. The summed E-state index contributed by atoms with van der Waals surface area (Å²) in [5.74, 6) is 1.09. The maximum Gasteiger partial charge on any atom is 0.321 e. The fourth-order valence-electron chi connectivity index (χ4n) is 2.40. The van der Waals surface area contributed by atoms with E-state index in [0.29, 0.717) is 24.7 Å². The van der Waals surface area contributed by atoms with Gasteiger partial charge in [0.1, 0.15) is 6.54 Å². The molecule has 7 nitrogen and oxygen atoms in total. The molecule has 1 aliphatic carbocycles. The van der Waals surface area contributed by atoms with Gasteiger partial charge in [-0.05, 0) is 38.0 Å². The van der Waals surface area contributed by atoms with E-state index >= 15 is 0 Å². The van der Waals surface area contributed by atoms with Crippen LogP contribution in [-0.4, -0.2) is 45.3 Å². The number of imide groups is 1. The fraction of sp³-hybridized carbons (Fsp3) is 0.529. The average Bonchev–Trinajstić information content (AvgIpc) is 3.32. The van der Waals surface area contributed by atoms with Crippen LogP contribution in [-0.2, 0) is 11.3 Å². The zero-order valence-corrected chi connectivity index (χ0v) is 14.5. The molecule has 24 heavy (non-hydrogen) atoms. The van der Waals surface area contributed by atoms with E-state index in [1.165, 1.54) is 0 Å². The molecule has 0 radical (unpaired) electrons. The Hall–Kier alpha value is -2.28. The highest BCUT2D eigenvalue weighted by Gasteiger charge is 2.24. The number of carbonyl (C=O) groups excluding carboxylic acids is 2. The molecule has 1 aromatic carbocycles. The number of amides is 3. The molecule has 0 aromatic heterocycles. The number of hydrogen-bond donors (Lipinski definition) is 3. The molecule has 1 aromatic rings. The van der Waals surface area contributed by atoms with Crippen molar-refractivity contribution < 1.29 is 24.0 Å². The monoisotopic (exact) mass is 336 g/mol. The van der Waals surface area contributed by atoms with Crippen molar-refractivity contribution in [2.45, 2.75) is 32.4 Å². The quantitative estimate of drug-likeness (QED) is 0.629. The van der Waals surface area contributed by atoms with Gasteiger partial charge in [0.15, 0.2) is 18.0 Å². The van der Waals surface area contributed by atoms with Gasteiger partial charge in [-0.15, -0.1) is 0 Å². The maximum absolute atomic E-state index is 11.9. The topological polar surface area (TPSA) is 81.1 Å². The van der Waals surface area contributed by atoms with E-state index in [-0.39, 0.29) is 18.5 Å². The van der Waals surface area contributed by atoms with Gasteiger partial charge in [0.25, 0.3) is 5.91 Å². The minimum atomic E-state index is -0.405. The number of urea groups is 1. The smallest absolute Gasteiger partial charge is 0.321 e. The van der Waals surface area contributed by atoms with Gasteiger partial charge >= 0.3 is 6.03 Å². The van der Waals surface area contributed by atoms with Crippen LogP contribution in [0.15, 0.2) is 18.2 Å². The number of ether oxygens (including phenoxy) is 2. The zero-order chi connectivity index (χ0) is 17.5. The van der Waals surface area contributed by atoms with Gasteiger partial charge in [-0.3, -0.25) is 10.1 Å². The summed E-state index contributed by atoms with van der Waals surface area (Å²) in [5.41, 5.74) is 1.03. The van der Waals surface area contributed by atoms with Gasteiger partial charge in [0, 0.05) is 11.6 Å². The third kappa shape index (κ3) is 5.73. The highest BCUT2D eigenvalue weighted by Crippen LogP contribution is 2.27. The molecule has 0 saturated heterocycles. The molecule has 0 bridgehead atoms. The van der Waals surface area contributed by atoms with Crippen LogP contribution in [0.3, 0.4) is 0 Å². The van der Waals surface area contributed by atoms with Gasteiger partial charge in [0.05, 0.1) is 20.8 Å². The van der Waals surface area contributed by atoms with Crippen molar-refractivity contribution in [1.29, 1.82) is 0 Å². The first-order valence-corrected chi connectivity index (χ1v) is 8.23. The van der Waals surface area contributed by atoms with Crippen LogP contribution >= 0.6 is 0 Å². The Kier molecular flexibility index (Phi) is 6.43. The molecular formula is C17H26N3O4+. The Bertz CT molecular complexity index is 587. The largest absolute Gasteiger partial charge is 0.493 e. The lowest BCUT2D eigenvalue weighted by Crippen LogP contribution is -3.09. The number of hydrogen-bond acceptors (Lipinski definition) is 4. The molecule has 132 valence electrons. The van der Waals surface area contributed by atoms with Crippen LogP contribution in [0.25, 0.3) is 0 Å². The molecule has 1 unspecified atom stereocenters. The Morgan fingerprint density at radius 2 is 2.04 bits per heavy atom. The summed E-state index contributed by atoms with van der Waals surface area (Å²) in [4.78, 5) is 24.4. The Labute approximate surface area is 142 Å². The van der Waals surface area contributed by atoms with Gasteiger partial charge < -0.3 is 19.7 Å². The minimum Gasteiger partial charge on any atom is -0.493 e. The van der Waals surface area contributed by atoms with Gasteiger partial charge in [-0.1, -0.05) is 0 Å². The molecule has 3 amide bonds. The lowest BCUT2D eigenvalue weighted by Gasteiger charge is -2.15. The molecule has 0 spiro atoms. The number of rotatable bonds is 8. The number of likely N-dealkylation sites (N-methyl/N-ethyl adjacent to an activating group) is 1. The minimum absolute atomic E-state index is 0.216. The molecule has 7 heteroatoms. The number of carbonyl (C=O) groups is 2. The molecule has 1 atom stereocenters. The highest BCUT2D eigenvalue weighted by atomic mass is 16.5. The van der Waals surface area contributed by atoms with E-state index in [2.05, 4.69) is 10.6 Å². The first kappa shape index (κ1) is 18.1. The average molecular weight is 336 g/mol. The van der Waals surface area contributed by atoms with Crippen molar-refractivity contribution >= 4 is 11.9 Å². The highest BCUT2D eigenvalue weighted by molar-refractivity contribution is 5.94. The van der Waals surface area contributed by atoms with Crippen molar-refractivity contribution in [3.63, 3.8) is 0 Å². The van der Waals surface area contributed by atoms with Crippen LogP contribution in [0.2, 0.25) is 0 Å². The second-order valence-electron chi connectivity index (χ2n) is 6.02. The van der Waals surface area contributed by atoms with Crippen molar-refractivity contribution in [3.8, 4) is 11.5 Å². The summed E-state index contributed by atoms with van der Waals surface area (Å²) in [6.07, 6.45) is 1.98. The van der Waals surface area contributed by atoms with Gasteiger partial charge in [0.2, 0.25) is 0 Å². The molecule has 0 aliphatic heterocycles. The molecule has 1 aliphatic rings. The second kappa shape index (κ2) is 8.54. The molecular weight excluding hydrogens is 310 g/mol. The molecule has 3 N–H and O–H groups in total. The summed E-state index contributed by atoms with van der Waals surface area (Å²) in [6, 6.07) is 5.56. The summed E-state index contributed by atoms with van der Waals surface area (Å²) in [7, 11) is 3.51. The number of benzene rings is 1. The van der Waals surface area contributed by atoms with Crippen molar-refractivity contribution in [2.24, 2.45) is 0 Å². The van der Waals surface area contributed by atoms with E-state index in [1.54, 1.807) is 7.11 Å². The predicted octanol–water partition coefficient (Wildman–Crippen LogP) is 0.0968. The van der Waals surface area contributed by atoms with Crippen molar-refractivity contribution in [3.05, 3.63) is 23.8 Å². The fourth-order valence-corrected chi connectivity index (χ4v) is 2.40. The SMILES string of the molecule is CCOc1ccc(C[NH+](C)CC(=O)NC(=O)NC2CC2)cc1OC. The van der Waals surface area contributed by atoms with Gasteiger partial charge in [-0.2, -0.15) is 0 Å². The third-order valence-electron chi connectivity index (χ3n) is 3.66. The van der Waals surface area contributed by atoms with Crippen LogP contribution in [0.1, 0.15) is 25.3 Å². The Morgan fingerprint density at radius 3 is 2.67 bits per heavy atom. The molecule has 1 fully saturated rings. The lowest BCUT2D eigenvalue weighted by molar-refractivity contribution is -0.885. The number of nitrogens with one attached hydrogen (secondary N) is 3. The Morgan fingerprint density at radius 1 is 1.29 bits per heavy atom. The van der Waals surface area contributed by atoms with E-state index in [4.69, 9.17) is 9.47 Å². The van der Waals surface area contributed by atoms with E-state index in [1.807, 2.05) is 32.2 Å². The summed E-state index contributed by atoms with van der Waals surface area (Å²) in [6.45, 7) is 3.35. The van der Waals surface area contributed by atoms with Crippen LogP contribution in [0.4, 0.5) is 4.79 Å². The Balaban J connectivity index is 1.83. The number of quaternary nitrogens is 1.